The number of nitrogens with zero attached hydrogens (tertiary/aromatic N) is 2. The molecule has 2 rings (SSSR count). The molecule has 0 fully saturated rings. The maximum atomic E-state index is 11.7. The summed E-state index contributed by atoms with van der Waals surface area (Å²) in [5.74, 6) is 4.89. The second-order valence-electron chi connectivity index (χ2n) is 5.04. The van der Waals surface area contributed by atoms with E-state index in [0.29, 0.717) is 17.4 Å². The average Bonchev–Trinajstić information content (AvgIpc) is 2.41. The van der Waals surface area contributed by atoms with Gasteiger partial charge in [0, 0.05) is 5.39 Å². The SMILES string of the molecule is CC(C)(Cn1ncc(=O)c2ccccc21)C(=O)NN. The fourth-order valence-electron chi connectivity index (χ4n) is 1.93. The van der Waals surface area contributed by atoms with Gasteiger partial charge in [0.05, 0.1) is 23.7 Å². The van der Waals surface area contributed by atoms with E-state index in [1.807, 2.05) is 6.07 Å². The van der Waals surface area contributed by atoms with Crippen LogP contribution in [0.4, 0.5) is 0 Å². The van der Waals surface area contributed by atoms with Crippen molar-refractivity contribution < 1.29 is 4.79 Å². The van der Waals surface area contributed by atoms with E-state index in [9.17, 15) is 9.59 Å². The summed E-state index contributed by atoms with van der Waals surface area (Å²) in [6, 6.07) is 7.17. The summed E-state index contributed by atoms with van der Waals surface area (Å²) >= 11 is 0. The first-order chi connectivity index (χ1) is 8.95. The van der Waals surface area contributed by atoms with Crippen LogP contribution in [0.5, 0.6) is 0 Å². The van der Waals surface area contributed by atoms with Gasteiger partial charge in [-0.2, -0.15) is 5.10 Å². The summed E-state index contributed by atoms with van der Waals surface area (Å²) < 4.78 is 1.64. The van der Waals surface area contributed by atoms with Gasteiger partial charge in [-0.3, -0.25) is 19.7 Å². The topological polar surface area (TPSA) is 90.0 Å². The van der Waals surface area contributed by atoms with Crippen molar-refractivity contribution in [3.05, 3.63) is 40.7 Å². The van der Waals surface area contributed by atoms with Crippen LogP contribution in [0.25, 0.3) is 10.9 Å². The Morgan fingerprint density at radius 3 is 2.79 bits per heavy atom. The molecular weight excluding hydrogens is 244 g/mol. The van der Waals surface area contributed by atoms with Crippen LogP contribution in [0.3, 0.4) is 0 Å². The lowest BCUT2D eigenvalue weighted by atomic mass is 9.92. The minimum Gasteiger partial charge on any atom is -0.294 e. The molecule has 0 aliphatic carbocycles. The van der Waals surface area contributed by atoms with Crippen LogP contribution < -0.4 is 16.7 Å². The summed E-state index contributed by atoms with van der Waals surface area (Å²) in [7, 11) is 0. The summed E-state index contributed by atoms with van der Waals surface area (Å²) in [5, 5.41) is 4.68. The maximum Gasteiger partial charge on any atom is 0.241 e. The molecule has 1 aromatic carbocycles. The van der Waals surface area contributed by atoms with E-state index in [1.54, 1.807) is 36.7 Å². The molecule has 2 aromatic rings. The fraction of sp³-hybridized carbons (Fsp3) is 0.308. The van der Waals surface area contributed by atoms with Crippen LogP contribution in [-0.2, 0) is 11.3 Å². The van der Waals surface area contributed by atoms with Crippen molar-refractivity contribution in [1.29, 1.82) is 0 Å². The zero-order valence-electron chi connectivity index (χ0n) is 10.9. The normalized spacial score (nSPS) is 11.5. The number of amides is 1. The number of carbonyl (C=O) groups excluding carboxylic acids is 1. The average molecular weight is 260 g/mol. The molecule has 100 valence electrons. The predicted octanol–water partition coefficient (Wildman–Crippen LogP) is 0.413. The number of nitrogens with two attached hydrogens (primary N) is 1. The van der Waals surface area contributed by atoms with E-state index in [2.05, 4.69) is 10.5 Å². The van der Waals surface area contributed by atoms with Crippen LogP contribution in [0.2, 0.25) is 0 Å². The first-order valence-electron chi connectivity index (χ1n) is 5.91. The van der Waals surface area contributed by atoms with Crippen molar-refractivity contribution >= 4 is 16.8 Å². The Morgan fingerprint density at radius 1 is 1.42 bits per heavy atom. The van der Waals surface area contributed by atoms with Gasteiger partial charge in [-0.25, -0.2) is 5.84 Å². The number of rotatable bonds is 3. The Morgan fingerprint density at radius 2 is 2.11 bits per heavy atom. The quantitative estimate of drug-likeness (QED) is 0.475. The largest absolute Gasteiger partial charge is 0.294 e. The Balaban J connectivity index is 2.50. The number of carbonyl (C=O) groups is 1. The van der Waals surface area contributed by atoms with Gasteiger partial charge in [0.15, 0.2) is 0 Å². The standard InChI is InChI=1S/C13H16N4O2/c1-13(2,12(19)16-14)8-17-10-6-4-3-5-9(10)11(18)7-15-17/h3-7H,8,14H2,1-2H3,(H,16,19). The summed E-state index contributed by atoms with van der Waals surface area (Å²) in [4.78, 5) is 23.4. The van der Waals surface area contributed by atoms with Crippen molar-refractivity contribution in [2.75, 3.05) is 0 Å². The molecule has 3 N–H and O–H groups in total. The van der Waals surface area contributed by atoms with Gasteiger partial charge < -0.3 is 0 Å². The first-order valence-corrected chi connectivity index (χ1v) is 5.91. The van der Waals surface area contributed by atoms with Crippen LogP contribution in [0, 0.1) is 5.41 Å². The first kappa shape index (κ1) is 13.2. The van der Waals surface area contributed by atoms with E-state index in [-0.39, 0.29) is 11.3 Å². The van der Waals surface area contributed by atoms with Gasteiger partial charge >= 0.3 is 0 Å². The van der Waals surface area contributed by atoms with Crippen molar-refractivity contribution in [3.8, 4) is 0 Å². The van der Waals surface area contributed by atoms with Gasteiger partial charge in [0.25, 0.3) is 0 Å². The number of hydrazine groups is 1. The highest BCUT2D eigenvalue weighted by Crippen LogP contribution is 2.19. The molecule has 0 aliphatic heterocycles. The number of fused-ring (bicyclic) bond motifs is 1. The van der Waals surface area contributed by atoms with E-state index in [1.165, 1.54) is 6.20 Å². The van der Waals surface area contributed by atoms with Gasteiger partial charge in [-0.15, -0.1) is 0 Å². The summed E-state index contributed by atoms with van der Waals surface area (Å²) in [5.41, 5.74) is 1.99. The third kappa shape index (κ3) is 2.48. The molecule has 0 bridgehead atoms. The van der Waals surface area contributed by atoms with Crippen LogP contribution >= 0.6 is 0 Å². The van der Waals surface area contributed by atoms with E-state index in [0.717, 1.165) is 0 Å². The number of aromatic nitrogens is 2. The minimum atomic E-state index is -0.723. The highest BCUT2D eigenvalue weighted by atomic mass is 16.2. The molecule has 0 radical (unpaired) electrons. The molecule has 1 heterocycles. The van der Waals surface area contributed by atoms with Crippen molar-refractivity contribution in [3.63, 3.8) is 0 Å². The number of nitrogens with one attached hydrogen (secondary N) is 1. The van der Waals surface area contributed by atoms with Gasteiger partial charge in [-0.05, 0) is 26.0 Å². The molecular formula is C13H16N4O2. The summed E-state index contributed by atoms with van der Waals surface area (Å²) in [6.07, 6.45) is 1.26. The molecule has 19 heavy (non-hydrogen) atoms. The third-order valence-electron chi connectivity index (χ3n) is 3.05. The molecule has 6 nitrogen and oxygen atoms in total. The monoisotopic (exact) mass is 260 g/mol. The Hall–Kier alpha value is -2.21. The highest BCUT2D eigenvalue weighted by Gasteiger charge is 2.28. The molecule has 6 heteroatoms. The second kappa shape index (κ2) is 4.81. The third-order valence-corrected chi connectivity index (χ3v) is 3.05. The molecule has 0 saturated carbocycles. The van der Waals surface area contributed by atoms with E-state index < -0.39 is 5.41 Å². The lowest BCUT2D eigenvalue weighted by Gasteiger charge is -2.23. The van der Waals surface area contributed by atoms with Gasteiger partial charge in [0.1, 0.15) is 0 Å². The zero-order chi connectivity index (χ0) is 14.0. The van der Waals surface area contributed by atoms with Crippen molar-refractivity contribution in [2.45, 2.75) is 20.4 Å². The Bertz CT molecular complexity index is 676. The lowest BCUT2D eigenvalue weighted by molar-refractivity contribution is -0.130. The molecule has 0 aliphatic rings. The van der Waals surface area contributed by atoms with Crippen molar-refractivity contribution in [1.82, 2.24) is 15.2 Å². The Labute approximate surface area is 110 Å². The van der Waals surface area contributed by atoms with Crippen molar-refractivity contribution in [2.24, 2.45) is 11.3 Å². The zero-order valence-corrected chi connectivity index (χ0v) is 10.9. The lowest BCUT2D eigenvalue weighted by Crippen LogP contribution is -2.43. The number of hydrogen-bond donors (Lipinski definition) is 2. The van der Waals surface area contributed by atoms with Crippen LogP contribution in [0.1, 0.15) is 13.8 Å². The number of hydrogen-bond acceptors (Lipinski definition) is 4. The maximum absolute atomic E-state index is 11.7. The van der Waals surface area contributed by atoms with E-state index >= 15 is 0 Å². The molecule has 0 atom stereocenters. The van der Waals surface area contributed by atoms with Gasteiger partial charge in [0.2, 0.25) is 11.3 Å². The molecule has 0 saturated heterocycles. The number of para-hydroxylation sites is 1. The summed E-state index contributed by atoms with van der Waals surface area (Å²) in [6.45, 7) is 3.87. The number of benzene rings is 1. The molecule has 0 spiro atoms. The molecule has 0 unspecified atom stereocenters. The predicted molar refractivity (Wildman–Crippen MR) is 72.1 cm³/mol. The van der Waals surface area contributed by atoms with Gasteiger partial charge in [-0.1, -0.05) is 12.1 Å². The molecule has 1 amide bonds. The highest BCUT2D eigenvalue weighted by molar-refractivity contribution is 5.82. The second-order valence-corrected chi connectivity index (χ2v) is 5.04. The Kier molecular flexibility index (Phi) is 3.35. The van der Waals surface area contributed by atoms with Crippen LogP contribution in [0.15, 0.2) is 35.3 Å². The smallest absolute Gasteiger partial charge is 0.241 e. The van der Waals surface area contributed by atoms with Crippen LogP contribution in [-0.4, -0.2) is 15.7 Å². The molecule has 1 aromatic heterocycles. The minimum absolute atomic E-state index is 0.132. The fourth-order valence-corrected chi connectivity index (χ4v) is 1.93. The van der Waals surface area contributed by atoms with E-state index in [4.69, 9.17) is 5.84 Å².